The smallest absolute Gasteiger partial charge is 0.232 e. The first-order chi connectivity index (χ1) is 8.70. The molecule has 2 aliphatic heterocycles. The van der Waals surface area contributed by atoms with Crippen LogP contribution in [0, 0.1) is 8.99 Å². The number of carbonyl (C=O) groups excluding carboxylic acids is 1. The molecule has 0 unspecified atom stereocenters. The topological polar surface area (TPSA) is 50.4 Å². The Morgan fingerprint density at radius 1 is 1.22 bits per heavy atom. The molecule has 0 saturated carbocycles. The van der Waals surface area contributed by atoms with E-state index in [1.54, 1.807) is 0 Å². The van der Waals surface area contributed by atoms with Crippen LogP contribution in [0.3, 0.4) is 0 Å². The van der Waals surface area contributed by atoms with E-state index in [2.05, 4.69) is 33.2 Å². The molecule has 1 fully saturated rings. The van der Waals surface area contributed by atoms with Crippen LogP contribution in [0.15, 0.2) is 18.2 Å². The van der Waals surface area contributed by atoms with Crippen molar-refractivity contribution in [1.82, 2.24) is 0 Å². The average molecular weight is 358 g/mol. The number of halogens is 1. The molecule has 2 aliphatic rings. The first-order valence-corrected chi connectivity index (χ1v) is 7.20. The maximum absolute atomic E-state index is 12.5. The molecule has 0 radical (unpaired) electrons. The summed E-state index contributed by atoms with van der Waals surface area (Å²) in [4.78, 5) is 12.5. The van der Waals surface area contributed by atoms with Crippen LogP contribution in [0.25, 0.3) is 0 Å². The second-order valence-corrected chi connectivity index (χ2v) is 6.14. The van der Waals surface area contributed by atoms with Crippen LogP contribution in [0.2, 0.25) is 0 Å². The number of fused-ring (bicyclic) bond motifs is 1. The number of anilines is 2. The molecule has 2 N–H and O–H groups in total. The number of hydrogen-bond donors (Lipinski definition) is 2. The molecule has 4 nitrogen and oxygen atoms in total. The Kier molecular flexibility index (Phi) is 3.19. The van der Waals surface area contributed by atoms with Gasteiger partial charge in [0.15, 0.2) is 0 Å². The predicted octanol–water partition coefficient (Wildman–Crippen LogP) is 2.45. The summed E-state index contributed by atoms with van der Waals surface area (Å²) in [6.07, 6.45) is 1.58. The lowest BCUT2D eigenvalue weighted by Crippen LogP contribution is -2.44. The molecule has 1 amide bonds. The van der Waals surface area contributed by atoms with Gasteiger partial charge in [0.1, 0.15) is 0 Å². The number of amides is 1. The van der Waals surface area contributed by atoms with Crippen molar-refractivity contribution in [2.75, 3.05) is 30.4 Å². The highest BCUT2D eigenvalue weighted by molar-refractivity contribution is 14.1. The summed E-state index contributed by atoms with van der Waals surface area (Å²) in [5, 5.41) is 6.46. The number of rotatable bonds is 0. The lowest BCUT2D eigenvalue weighted by atomic mass is 9.79. The van der Waals surface area contributed by atoms with Gasteiger partial charge in [-0.25, -0.2) is 0 Å². The lowest BCUT2D eigenvalue weighted by molar-refractivity contribution is -0.129. The summed E-state index contributed by atoms with van der Waals surface area (Å²) in [7, 11) is 0. The van der Waals surface area contributed by atoms with Gasteiger partial charge in [0.25, 0.3) is 0 Å². The second kappa shape index (κ2) is 4.70. The Hall–Kier alpha value is -0.820. The molecule has 1 aromatic carbocycles. The van der Waals surface area contributed by atoms with Crippen LogP contribution in [0.1, 0.15) is 12.8 Å². The molecule has 0 aliphatic carbocycles. The SMILES string of the molecule is O=C1Nc2cc(I)ccc2NCC12CCOCC2. The molecule has 0 bridgehead atoms. The van der Waals surface area contributed by atoms with Gasteiger partial charge < -0.3 is 15.4 Å². The number of carbonyl (C=O) groups is 1. The highest BCUT2D eigenvalue weighted by Gasteiger charge is 2.41. The summed E-state index contributed by atoms with van der Waals surface area (Å²) in [6.45, 7) is 2.03. The number of hydrogen-bond acceptors (Lipinski definition) is 3. The summed E-state index contributed by atoms with van der Waals surface area (Å²) >= 11 is 2.25. The summed E-state index contributed by atoms with van der Waals surface area (Å²) in [5.41, 5.74) is 1.57. The molecule has 2 heterocycles. The molecule has 1 saturated heterocycles. The zero-order valence-corrected chi connectivity index (χ0v) is 12.1. The molecule has 5 heteroatoms. The van der Waals surface area contributed by atoms with E-state index in [1.807, 2.05) is 18.2 Å². The Labute approximate surface area is 120 Å². The summed E-state index contributed by atoms with van der Waals surface area (Å²) in [5.74, 6) is 0.124. The molecule has 96 valence electrons. The van der Waals surface area contributed by atoms with Gasteiger partial charge >= 0.3 is 0 Å². The van der Waals surface area contributed by atoms with Crippen molar-refractivity contribution in [1.29, 1.82) is 0 Å². The Bertz CT molecular complexity index is 484. The van der Waals surface area contributed by atoms with Crippen molar-refractivity contribution in [3.63, 3.8) is 0 Å². The highest BCUT2D eigenvalue weighted by atomic mass is 127. The molecule has 0 atom stereocenters. The van der Waals surface area contributed by atoms with Gasteiger partial charge in [-0.2, -0.15) is 0 Å². The normalized spacial score (nSPS) is 21.7. The van der Waals surface area contributed by atoms with Crippen molar-refractivity contribution in [3.8, 4) is 0 Å². The molecule has 18 heavy (non-hydrogen) atoms. The third kappa shape index (κ3) is 2.09. The van der Waals surface area contributed by atoms with Crippen molar-refractivity contribution in [3.05, 3.63) is 21.8 Å². The molecule has 0 aromatic heterocycles. The number of nitrogens with one attached hydrogen (secondary N) is 2. The molecular formula is C13H15IN2O2. The fraction of sp³-hybridized carbons (Fsp3) is 0.462. The third-order valence-electron chi connectivity index (χ3n) is 3.78. The van der Waals surface area contributed by atoms with Gasteiger partial charge in [0, 0.05) is 23.3 Å². The summed E-state index contributed by atoms with van der Waals surface area (Å²) in [6, 6.07) is 6.06. The number of ether oxygens (including phenoxy) is 1. The summed E-state index contributed by atoms with van der Waals surface area (Å²) < 4.78 is 6.50. The van der Waals surface area contributed by atoms with Gasteiger partial charge in [-0.3, -0.25) is 4.79 Å². The van der Waals surface area contributed by atoms with Gasteiger partial charge in [-0.15, -0.1) is 0 Å². The fourth-order valence-electron chi connectivity index (χ4n) is 2.54. The third-order valence-corrected chi connectivity index (χ3v) is 4.45. The standard InChI is InChI=1S/C13H15IN2O2/c14-9-1-2-10-11(7-9)16-12(17)13(8-15-10)3-5-18-6-4-13/h1-2,7,15H,3-6,8H2,(H,16,17). The van der Waals surface area contributed by atoms with E-state index in [-0.39, 0.29) is 11.3 Å². The van der Waals surface area contributed by atoms with Crippen molar-refractivity contribution >= 4 is 39.9 Å². The quantitative estimate of drug-likeness (QED) is 0.701. The van der Waals surface area contributed by atoms with Gasteiger partial charge in [-0.05, 0) is 53.6 Å². The van der Waals surface area contributed by atoms with Crippen LogP contribution < -0.4 is 10.6 Å². The van der Waals surface area contributed by atoms with Gasteiger partial charge in [0.05, 0.1) is 16.8 Å². The largest absolute Gasteiger partial charge is 0.382 e. The van der Waals surface area contributed by atoms with Crippen LogP contribution in [-0.4, -0.2) is 25.7 Å². The molecule has 3 rings (SSSR count). The van der Waals surface area contributed by atoms with Crippen LogP contribution >= 0.6 is 22.6 Å². The molecule has 1 aromatic rings. The highest BCUT2D eigenvalue weighted by Crippen LogP contribution is 2.37. The predicted molar refractivity (Wildman–Crippen MR) is 78.8 cm³/mol. The monoisotopic (exact) mass is 358 g/mol. The fourth-order valence-corrected chi connectivity index (χ4v) is 3.03. The van der Waals surface area contributed by atoms with Crippen LogP contribution in [0.4, 0.5) is 11.4 Å². The second-order valence-electron chi connectivity index (χ2n) is 4.89. The first-order valence-electron chi connectivity index (χ1n) is 6.12. The van der Waals surface area contributed by atoms with Crippen LogP contribution in [-0.2, 0) is 9.53 Å². The maximum Gasteiger partial charge on any atom is 0.232 e. The first kappa shape index (κ1) is 12.2. The Balaban J connectivity index is 1.92. The minimum Gasteiger partial charge on any atom is -0.382 e. The minimum atomic E-state index is -0.317. The van der Waals surface area contributed by atoms with E-state index in [0.29, 0.717) is 19.8 Å². The maximum atomic E-state index is 12.5. The zero-order chi connectivity index (χ0) is 12.6. The van der Waals surface area contributed by atoms with Gasteiger partial charge in [0.2, 0.25) is 5.91 Å². The lowest BCUT2D eigenvalue weighted by Gasteiger charge is -2.34. The van der Waals surface area contributed by atoms with E-state index in [1.165, 1.54) is 0 Å². The molecular weight excluding hydrogens is 343 g/mol. The van der Waals surface area contributed by atoms with Crippen molar-refractivity contribution in [2.24, 2.45) is 5.41 Å². The Morgan fingerprint density at radius 2 is 2.00 bits per heavy atom. The minimum absolute atomic E-state index is 0.124. The number of benzene rings is 1. The van der Waals surface area contributed by atoms with Crippen molar-refractivity contribution < 1.29 is 9.53 Å². The molecule has 1 spiro atoms. The van der Waals surface area contributed by atoms with Gasteiger partial charge in [-0.1, -0.05) is 0 Å². The Morgan fingerprint density at radius 3 is 2.78 bits per heavy atom. The van der Waals surface area contributed by atoms with E-state index >= 15 is 0 Å². The average Bonchev–Trinajstić information content (AvgIpc) is 2.50. The zero-order valence-electron chi connectivity index (χ0n) is 9.96. The van der Waals surface area contributed by atoms with Crippen molar-refractivity contribution in [2.45, 2.75) is 12.8 Å². The van der Waals surface area contributed by atoms with E-state index in [0.717, 1.165) is 27.8 Å². The van der Waals surface area contributed by atoms with E-state index in [9.17, 15) is 4.79 Å². The van der Waals surface area contributed by atoms with E-state index in [4.69, 9.17) is 4.74 Å². The van der Waals surface area contributed by atoms with Crippen LogP contribution in [0.5, 0.6) is 0 Å². The van der Waals surface area contributed by atoms with E-state index < -0.39 is 0 Å².